The second-order valence-corrected chi connectivity index (χ2v) is 7.36. The molecule has 5 nitrogen and oxygen atoms in total. The minimum atomic E-state index is -3.37. The van der Waals surface area contributed by atoms with Crippen molar-refractivity contribution in [2.45, 2.75) is 31.6 Å². The van der Waals surface area contributed by atoms with E-state index >= 15 is 0 Å². The summed E-state index contributed by atoms with van der Waals surface area (Å²) in [6.07, 6.45) is -0.132. The van der Waals surface area contributed by atoms with E-state index in [1.165, 1.54) is 6.07 Å². The van der Waals surface area contributed by atoms with Gasteiger partial charge in [0, 0.05) is 12.0 Å². The Kier molecular flexibility index (Phi) is 4.58. The lowest BCUT2D eigenvalue weighted by Gasteiger charge is -2.12. The van der Waals surface area contributed by atoms with E-state index in [9.17, 15) is 17.2 Å². The van der Waals surface area contributed by atoms with Gasteiger partial charge in [-0.15, -0.1) is 0 Å². The van der Waals surface area contributed by atoms with Crippen molar-refractivity contribution in [3.63, 3.8) is 0 Å². The zero-order valence-electron chi connectivity index (χ0n) is 11.6. The van der Waals surface area contributed by atoms with Crippen LogP contribution in [-0.4, -0.2) is 32.0 Å². The van der Waals surface area contributed by atoms with Crippen LogP contribution in [0, 0.1) is 11.6 Å². The third-order valence-corrected chi connectivity index (χ3v) is 4.93. The fraction of sp³-hybridized carbons (Fsp3) is 0.462. The third-order valence-electron chi connectivity index (χ3n) is 3.12. The Morgan fingerprint density at radius 3 is 2.71 bits per heavy atom. The normalized spacial score (nSPS) is 18.7. The predicted molar refractivity (Wildman–Crippen MR) is 74.4 cm³/mol. The fourth-order valence-electron chi connectivity index (χ4n) is 1.76. The van der Waals surface area contributed by atoms with Crippen molar-refractivity contribution in [2.24, 2.45) is 5.16 Å². The monoisotopic (exact) mass is 318 g/mol. The van der Waals surface area contributed by atoms with Gasteiger partial charge in [-0.05, 0) is 32.0 Å². The highest BCUT2D eigenvalue weighted by molar-refractivity contribution is 7.90. The van der Waals surface area contributed by atoms with Crippen LogP contribution in [0.4, 0.5) is 8.78 Å². The van der Waals surface area contributed by atoms with E-state index in [1.54, 1.807) is 13.8 Å². The number of oxime groups is 1. The van der Waals surface area contributed by atoms with Gasteiger partial charge in [-0.2, -0.15) is 0 Å². The molecule has 0 aromatic heterocycles. The highest BCUT2D eigenvalue weighted by Crippen LogP contribution is 2.18. The number of nitrogens with zero attached hydrogens (tertiary/aromatic N) is 1. The molecule has 1 unspecified atom stereocenters. The molecule has 0 aliphatic carbocycles. The van der Waals surface area contributed by atoms with Crippen molar-refractivity contribution in [1.29, 1.82) is 0 Å². The average Bonchev–Trinajstić information content (AvgIpc) is 2.88. The van der Waals surface area contributed by atoms with E-state index in [4.69, 9.17) is 4.84 Å². The quantitative estimate of drug-likeness (QED) is 0.900. The molecule has 1 heterocycles. The Labute approximate surface area is 122 Å². The molecule has 1 N–H and O–H groups in total. The molecule has 0 amide bonds. The first-order valence-corrected chi connectivity index (χ1v) is 8.01. The summed E-state index contributed by atoms with van der Waals surface area (Å²) in [6, 6.07) is 3.46. The SMILES string of the molecule is CC(C)S(=O)(=O)NCC1CC(c2ccc(F)c(F)c2)=NO1. The minimum Gasteiger partial charge on any atom is -0.390 e. The number of sulfonamides is 1. The highest BCUT2D eigenvalue weighted by Gasteiger charge is 2.25. The van der Waals surface area contributed by atoms with Crippen LogP contribution < -0.4 is 4.72 Å². The lowest BCUT2D eigenvalue weighted by Crippen LogP contribution is -2.36. The van der Waals surface area contributed by atoms with Gasteiger partial charge in [-0.25, -0.2) is 21.9 Å². The maximum atomic E-state index is 13.2. The zero-order valence-corrected chi connectivity index (χ0v) is 12.5. The van der Waals surface area contributed by atoms with Gasteiger partial charge in [0.15, 0.2) is 11.6 Å². The summed E-state index contributed by atoms with van der Waals surface area (Å²) >= 11 is 0. The van der Waals surface area contributed by atoms with Crippen LogP contribution in [0.2, 0.25) is 0 Å². The van der Waals surface area contributed by atoms with Crippen LogP contribution in [0.15, 0.2) is 23.4 Å². The van der Waals surface area contributed by atoms with Crippen molar-refractivity contribution in [1.82, 2.24) is 4.72 Å². The molecule has 0 fully saturated rings. The van der Waals surface area contributed by atoms with E-state index in [0.29, 0.717) is 17.7 Å². The molecule has 1 atom stereocenters. The first-order valence-electron chi connectivity index (χ1n) is 6.46. The van der Waals surface area contributed by atoms with Crippen LogP contribution in [0.3, 0.4) is 0 Å². The first-order chi connectivity index (χ1) is 9.79. The van der Waals surface area contributed by atoms with Crippen LogP contribution >= 0.6 is 0 Å². The van der Waals surface area contributed by atoms with E-state index in [0.717, 1.165) is 12.1 Å². The van der Waals surface area contributed by atoms with Gasteiger partial charge in [-0.1, -0.05) is 5.16 Å². The summed E-state index contributed by atoms with van der Waals surface area (Å²) in [7, 11) is -3.37. The Bertz CT molecular complexity index is 659. The summed E-state index contributed by atoms with van der Waals surface area (Å²) in [5, 5.41) is 3.26. The molecule has 2 rings (SSSR count). The Balaban J connectivity index is 1.96. The Morgan fingerprint density at radius 2 is 2.10 bits per heavy atom. The van der Waals surface area contributed by atoms with E-state index in [-0.39, 0.29) is 6.54 Å². The molecule has 116 valence electrons. The van der Waals surface area contributed by atoms with Gasteiger partial charge < -0.3 is 4.84 Å². The fourth-order valence-corrected chi connectivity index (χ4v) is 2.51. The number of benzene rings is 1. The summed E-state index contributed by atoms with van der Waals surface area (Å²) in [5.74, 6) is -1.89. The molecular formula is C13H16F2N2O3S. The highest BCUT2D eigenvalue weighted by atomic mass is 32.2. The average molecular weight is 318 g/mol. The number of hydrogen-bond donors (Lipinski definition) is 1. The summed E-state index contributed by atoms with van der Waals surface area (Å²) in [6.45, 7) is 3.22. The smallest absolute Gasteiger partial charge is 0.214 e. The second-order valence-electron chi connectivity index (χ2n) is 5.04. The van der Waals surface area contributed by atoms with Crippen LogP contribution in [-0.2, 0) is 14.9 Å². The second kappa shape index (κ2) is 6.07. The molecule has 0 bridgehead atoms. The maximum Gasteiger partial charge on any atom is 0.214 e. The van der Waals surface area contributed by atoms with Crippen molar-refractivity contribution >= 4 is 15.7 Å². The first kappa shape index (κ1) is 15.8. The van der Waals surface area contributed by atoms with Crippen LogP contribution in [0.5, 0.6) is 0 Å². The molecule has 0 saturated carbocycles. The lowest BCUT2D eigenvalue weighted by molar-refractivity contribution is 0.0891. The maximum absolute atomic E-state index is 13.2. The number of hydrogen-bond acceptors (Lipinski definition) is 4. The Hall–Kier alpha value is -1.54. The molecule has 1 aromatic carbocycles. The molecular weight excluding hydrogens is 302 g/mol. The van der Waals surface area contributed by atoms with Gasteiger partial charge in [0.25, 0.3) is 0 Å². The molecule has 1 aliphatic rings. The van der Waals surface area contributed by atoms with Gasteiger partial charge in [0.1, 0.15) is 6.10 Å². The van der Waals surface area contributed by atoms with Crippen LogP contribution in [0.25, 0.3) is 0 Å². The van der Waals surface area contributed by atoms with Gasteiger partial charge in [0.05, 0.1) is 17.5 Å². The zero-order chi connectivity index (χ0) is 15.6. The largest absolute Gasteiger partial charge is 0.390 e. The molecule has 0 spiro atoms. The standard InChI is InChI=1S/C13H16F2N2O3S/c1-8(2)21(18,19)16-7-10-6-13(17-20-10)9-3-4-11(14)12(15)5-9/h3-5,8,10,16H,6-7H2,1-2H3. The van der Waals surface area contributed by atoms with Gasteiger partial charge >= 0.3 is 0 Å². The summed E-state index contributed by atoms with van der Waals surface area (Å²) in [4.78, 5) is 5.11. The van der Waals surface area contributed by atoms with E-state index in [1.807, 2.05) is 0 Å². The minimum absolute atomic E-state index is 0.0805. The molecule has 1 aliphatic heterocycles. The predicted octanol–water partition coefficient (Wildman–Crippen LogP) is 1.79. The lowest BCUT2D eigenvalue weighted by atomic mass is 10.0. The van der Waals surface area contributed by atoms with Gasteiger partial charge in [0.2, 0.25) is 10.0 Å². The topological polar surface area (TPSA) is 67.8 Å². The molecule has 1 aromatic rings. The Morgan fingerprint density at radius 1 is 1.38 bits per heavy atom. The number of halogens is 2. The van der Waals surface area contributed by atoms with Gasteiger partial charge in [-0.3, -0.25) is 0 Å². The summed E-state index contributed by atoms with van der Waals surface area (Å²) in [5.41, 5.74) is 0.880. The van der Waals surface area contributed by atoms with E-state index < -0.39 is 33.0 Å². The van der Waals surface area contributed by atoms with Crippen molar-refractivity contribution in [2.75, 3.05) is 6.54 Å². The number of rotatable bonds is 5. The van der Waals surface area contributed by atoms with Crippen molar-refractivity contribution < 1.29 is 22.0 Å². The van der Waals surface area contributed by atoms with Crippen molar-refractivity contribution in [3.05, 3.63) is 35.4 Å². The molecule has 21 heavy (non-hydrogen) atoms. The molecule has 8 heteroatoms. The number of nitrogens with one attached hydrogen (secondary N) is 1. The summed E-state index contributed by atoms with van der Waals surface area (Å²) < 4.78 is 51.7. The van der Waals surface area contributed by atoms with Crippen molar-refractivity contribution in [3.8, 4) is 0 Å². The molecule has 0 saturated heterocycles. The van der Waals surface area contributed by atoms with E-state index in [2.05, 4.69) is 9.88 Å². The van der Waals surface area contributed by atoms with Crippen LogP contribution in [0.1, 0.15) is 25.8 Å². The third kappa shape index (κ3) is 3.76. The molecule has 0 radical (unpaired) electrons.